The molecule has 0 aliphatic heterocycles. The van der Waals surface area contributed by atoms with Gasteiger partial charge in [0.2, 0.25) is 0 Å². The molecule has 0 unspecified atom stereocenters. The first-order valence-electron chi connectivity index (χ1n) is 9.90. The minimum atomic E-state index is -4.42. The molecule has 0 atom stereocenters. The number of nitrogens with zero attached hydrogens (tertiary/aromatic N) is 3. The number of alkyl halides is 3. The van der Waals surface area contributed by atoms with Gasteiger partial charge in [-0.2, -0.15) is 18.3 Å². The van der Waals surface area contributed by atoms with Crippen LogP contribution in [0.3, 0.4) is 0 Å². The average molecular weight is 439 g/mol. The zero-order valence-electron chi connectivity index (χ0n) is 17.4. The topological polar surface area (TPSA) is 67.5 Å². The third-order valence-electron chi connectivity index (χ3n) is 5.18. The molecule has 4 aromatic rings. The van der Waals surface area contributed by atoms with Gasteiger partial charge in [0, 0.05) is 17.2 Å². The summed E-state index contributed by atoms with van der Waals surface area (Å²) < 4.78 is 40.2. The fourth-order valence-corrected chi connectivity index (χ4v) is 3.42. The third-order valence-corrected chi connectivity index (χ3v) is 5.18. The van der Waals surface area contributed by atoms with Crippen LogP contribution in [0.5, 0.6) is 0 Å². The first-order chi connectivity index (χ1) is 15.0. The second-order valence-electron chi connectivity index (χ2n) is 8.05. The summed E-state index contributed by atoms with van der Waals surface area (Å²) >= 11 is 0. The van der Waals surface area contributed by atoms with Gasteiger partial charge >= 0.3 is 6.18 Å². The van der Waals surface area contributed by atoms with Crippen LogP contribution in [0.15, 0.2) is 66.9 Å². The normalized spacial score (nSPS) is 12.3. The summed E-state index contributed by atoms with van der Waals surface area (Å²) in [6, 6.07) is 14.8. The van der Waals surface area contributed by atoms with E-state index in [1.165, 1.54) is 22.8 Å². The molecule has 4 rings (SSSR count). The minimum Gasteiger partial charge on any atom is -0.386 e. The molecule has 0 radical (unpaired) electrons. The lowest BCUT2D eigenvalue weighted by molar-refractivity contribution is -0.137. The summed E-state index contributed by atoms with van der Waals surface area (Å²) in [5, 5.41) is 14.3. The summed E-state index contributed by atoms with van der Waals surface area (Å²) in [6.07, 6.45) is -2.87. The second kappa shape index (κ2) is 7.87. The number of aromatic nitrogens is 3. The van der Waals surface area contributed by atoms with Crippen molar-refractivity contribution in [1.82, 2.24) is 14.6 Å². The maximum Gasteiger partial charge on any atom is 0.416 e. The fraction of sp³-hybridized carbons (Fsp3) is 0.208. The Bertz CT molecular complexity index is 1270. The van der Waals surface area contributed by atoms with Crippen LogP contribution in [0.1, 0.15) is 41.0 Å². The molecule has 0 amide bonds. The molecular formula is C24H20F3N3O2. The first kappa shape index (κ1) is 21.7. The molecule has 0 spiro atoms. The minimum absolute atomic E-state index is 0.0111. The Morgan fingerprint density at radius 2 is 1.59 bits per heavy atom. The standard InChI is InChI=1S/C24H20F3N3O2/c1-23(2,32)17-7-5-16(6-8-17)21(31)14-19-13-20(30-22(29-19)11-12-28-30)15-3-9-18(10-4-15)24(25,26)27/h3-13,32H,14H2,1-2H3. The van der Waals surface area contributed by atoms with Crippen molar-refractivity contribution in [2.75, 3.05) is 0 Å². The maximum atomic E-state index is 12.9. The van der Waals surface area contributed by atoms with E-state index in [0.29, 0.717) is 33.7 Å². The lowest BCUT2D eigenvalue weighted by Gasteiger charge is -2.17. The van der Waals surface area contributed by atoms with E-state index in [-0.39, 0.29) is 12.2 Å². The van der Waals surface area contributed by atoms with E-state index in [0.717, 1.165) is 12.1 Å². The maximum absolute atomic E-state index is 12.9. The van der Waals surface area contributed by atoms with Crippen LogP contribution in [0.4, 0.5) is 13.2 Å². The molecule has 2 aromatic heterocycles. The number of Topliss-reactive ketones (excluding diaryl/α,β-unsaturated/α-hetero) is 1. The molecule has 0 fully saturated rings. The van der Waals surface area contributed by atoms with Gasteiger partial charge in [-0.1, -0.05) is 36.4 Å². The zero-order valence-corrected chi connectivity index (χ0v) is 17.4. The van der Waals surface area contributed by atoms with E-state index >= 15 is 0 Å². The van der Waals surface area contributed by atoms with Crippen molar-refractivity contribution in [2.45, 2.75) is 32.0 Å². The number of hydrogen-bond acceptors (Lipinski definition) is 4. The molecule has 2 aromatic carbocycles. The smallest absolute Gasteiger partial charge is 0.386 e. The van der Waals surface area contributed by atoms with Crippen molar-refractivity contribution in [1.29, 1.82) is 0 Å². The first-order valence-corrected chi connectivity index (χ1v) is 9.90. The Morgan fingerprint density at radius 1 is 0.969 bits per heavy atom. The van der Waals surface area contributed by atoms with Gasteiger partial charge in [0.25, 0.3) is 0 Å². The Hall–Kier alpha value is -3.52. The van der Waals surface area contributed by atoms with Gasteiger partial charge < -0.3 is 5.11 Å². The van der Waals surface area contributed by atoms with Crippen molar-refractivity contribution < 1.29 is 23.1 Å². The van der Waals surface area contributed by atoms with E-state index in [1.54, 1.807) is 50.2 Å². The van der Waals surface area contributed by atoms with Gasteiger partial charge in [-0.25, -0.2) is 9.50 Å². The third kappa shape index (κ3) is 4.40. The molecule has 0 aliphatic carbocycles. The summed E-state index contributed by atoms with van der Waals surface area (Å²) in [4.78, 5) is 17.3. The van der Waals surface area contributed by atoms with Crippen LogP contribution >= 0.6 is 0 Å². The van der Waals surface area contributed by atoms with Gasteiger partial charge in [-0.3, -0.25) is 4.79 Å². The van der Waals surface area contributed by atoms with E-state index in [9.17, 15) is 23.1 Å². The van der Waals surface area contributed by atoms with Crippen molar-refractivity contribution in [3.8, 4) is 11.3 Å². The highest BCUT2D eigenvalue weighted by Gasteiger charge is 2.30. The van der Waals surface area contributed by atoms with Crippen LogP contribution in [0.25, 0.3) is 16.9 Å². The summed E-state index contributed by atoms with van der Waals surface area (Å²) in [7, 11) is 0. The molecule has 0 saturated carbocycles. The van der Waals surface area contributed by atoms with Gasteiger partial charge in [0.05, 0.1) is 35.2 Å². The SMILES string of the molecule is CC(C)(O)c1ccc(C(=O)Cc2cc(-c3ccc(C(F)(F)F)cc3)n3nccc3n2)cc1. The molecule has 32 heavy (non-hydrogen) atoms. The monoisotopic (exact) mass is 439 g/mol. The molecule has 0 saturated heterocycles. The summed E-state index contributed by atoms with van der Waals surface area (Å²) in [5.74, 6) is -0.165. The number of rotatable bonds is 5. The van der Waals surface area contributed by atoms with Crippen LogP contribution < -0.4 is 0 Å². The van der Waals surface area contributed by atoms with E-state index in [2.05, 4.69) is 10.1 Å². The van der Waals surface area contributed by atoms with Crippen LogP contribution in [0, 0.1) is 0 Å². The van der Waals surface area contributed by atoms with Crippen LogP contribution in [-0.2, 0) is 18.2 Å². The lowest BCUT2D eigenvalue weighted by atomic mass is 9.96. The highest BCUT2D eigenvalue weighted by Crippen LogP contribution is 2.31. The Kier molecular flexibility index (Phi) is 5.34. The molecule has 2 heterocycles. The van der Waals surface area contributed by atoms with Crippen LogP contribution in [0.2, 0.25) is 0 Å². The van der Waals surface area contributed by atoms with Gasteiger partial charge in [-0.05, 0) is 37.6 Å². The van der Waals surface area contributed by atoms with Gasteiger partial charge in [0.1, 0.15) is 0 Å². The Morgan fingerprint density at radius 3 is 2.19 bits per heavy atom. The number of carbonyl (C=O) groups is 1. The number of fused-ring (bicyclic) bond motifs is 1. The van der Waals surface area contributed by atoms with Crippen molar-refractivity contribution in [3.05, 3.63) is 89.2 Å². The highest BCUT2D eigenvalue weighted by molar-refractivity contribution is 5.97. The predicted octanol–water partition coefficient (Wildman–Crippen LogP) is 5.07. The summed E-state index contributed by atoms with van der Waals surface area (Å²) in [5.41, 5.74) is 1.45. The average Bonchev–Trinajstić information content (AvgIpc) is 3.21. The van der Waals surface area contributed by atoms with E-state index in [4.69, 9.17) is 0 Å². The fourth-order valence-electron chi connectivity index (χ4n) is 3.42. The van der Waals surface area contributed by atoms with Gasteiger partial charge in [-0.15, -0.1) is 0 Å². The molecule has 0 bridgehead atoms. The number of ketones is 1. The Labute approximate surface area is 182 Å². The van der Waals surface area contributed by atoms with Crippen LogP contribution in [-0.4, -0.2) is 25.5 Å². The van der Waals surface area contributed by atoms with Crippen molar-refractivity contribution >= 4 is 11.4 Å². The molecule has 164 valence electrons. The second-order valence-corrected chi connectivity index (χ2v) is 8.05. The zero-order chi connectivity index (χ0) is 23.1. The van der Waals surface area contributed by atoms with Gasteiger partial charge in [0.15, 0.2) is 11.4 Å². The number of aliphatic hydroxyl groups is 1. The highest BCUT2D eigenvalue weighted by atomic mass is 19.4. The predicted molar refractivity (Wildman–Crippen MR) is 113 cm³/mol. The largest absolute Gasteiger partial charge is 0.416 e. The molecular weight excluding hydrogens is 419 g/mol. The molecule has 1 N–H and O–H groups in total. The molecule has 8 heteroatoms. The molecule has 0 aliphatic rings. The molecule has 5 nitrogen and oxygen atoms in total. The number of hydrogen-bond donors (Lipinski definition) is 1. The van der Waals surface area contributed by atoms with E-state index in [1.807, 2.05) is 0 Å². The number of carbonyl (C=O) groups excluding carboxylic acids is 1. The lowest BCUT2D eigenvalue weighted by Crippen LogP contribution is -2.15. The van der Waals surface area contributed by atoms with Crippen molar-refractivity contribution in [3.63, 3.8) is 0 Å². The Balaban J connectivity index is 1.65. The van der Waals surface area contributed by atoms with E-state index < -0.39 is 17.3 Å². The van der Waals surface area contributed by atoms with Crippen molar-refractivity contribution in [2.24, 2.45) is 0 Å². The summed E-state index contributed by atoms with van der Waals surface area (Å²) in [6.45, 7) is 3.33. The quantitative estimate of drug-likeness (QED) is 0.441. The number of halogens is 3. The number of benzene rings is 2.